The lowest BCUT2D eigenvalue weighted by molar-refractivity contribution is -0.0102. The molecule has 0 aliphatic carbocycles. The molecule has 2 fully saturated rings. The predicted octanol–water partition coefficient (Wildman–Crippen LogP) is 4.64. The summed E-state index contributed by atoms with van der Waals surface area (Å²) < 4.78 is 11.7. The van der Waals surface area contributed by atoms with Crippen LogP contribution in [0.5, 0.6) is 5.75 Å². The molecule has 1 aromatic carbocycles. The summed E-state index contributed by atoms with van der Waals surface area (Å²) in [6.45, 7) is 6.91. The normalized spacial score (nSPS) is 21.5. The van der Waals surface area contributed by atoms with Gasteiger partial charge in [0.2, 0.25) is 0 Å². The molecule has 2 bridgehead atoms. The number of oxazole rings is 1. The molecule has 3 aromatic rings. The maximum absolute atomic E-state index is 12.8. The summed E-state index contributed by atoms with van der Waals surface area (Å²) in [6.07, 6.45) is 4.43. The SMILES string of the molecule is CC(C)(C)OC(=O)N1C2CCCC1CN(c1nc3c(-c4nccs4)ccc(O)c3o1)C2. The predicted molar refractivity (Wildman–Crippen MR) is 118 cm³/mol. The van der Waals surface area contributed by atoms with E-state index in [2.05, 4.69) is 9.88 Å². The molecule has 0 saturated carbocycles. The number of amides is 1. The lowest BCUT2D eigenvalue weighted by Crippen LogP contribution is -2.63. The van der Waals surface area contributed by atoms with E-state index in [1.807, 2.05) is 37.1 Å². The topological polar surface area (TPSA) is 91.9 Å². The molecule has 31 heavy (non-hydrogen) atoms. The molecule has 2 aliphatic rings. The zero-order chi connectivity index (χ0) is 21.8. The van der Waals surface area contributed by atoms with Gasteiger partial charge in [0, 0.05) is 30.2 Å². The quantitative estimate of drug-likeness (QED) is 0.618. The number of carbonyl (C=O) groups is 1. The number of anilines is 1. The lowest BCUT2D eigenvalue weighted by atomic mass is 9.92. The second kappa shape index (κ2) is 7.40. The first-order chi connectivity index (χ1) is 14.8. The van der Waals surface area contributed by atoms with Crippen LogP contribution in [0.2, 0.25) is 0 Å². The Labute approximate surface area is 184 Å². The van der Waals surface area contributed by atoms with Crippen molar-refractivity contribution in [2.24, 2.45) is 0 Å². The molecule has 164 valence electrons. The third-order valence-electron chi connectivity index (χ3n) is 5.77. The Balaban J connectivity index is 1.45. The Morgan fingerprint density at radius 3 is 2.65 bits per heavy atom. The summed E-state index contributed by atoms with van der Waals surface area (Å²) in [5.41, 5.74) is 1.28. The van der Waals surface area contributed by atoms with Crippen LogP contribution in [0.4, 0.5) is 10.8 Å². The van der Waals surface area contributed by atoms with Crippen LogP contribution in [0, 0.1) is 0 Å². The van der Waals surface area contributed by atoms with Gasteiger partial charge in [0.25, 0.3) is 6.01 Å². The highest BCUT2D eigenvalue weighted by molar-refractivity contribution is 7.13. The number of carbonyl (C=O) groups excluding carboxylic acids is 1. The third-order valence-corrected chi connectivity index (χ3v) is 6.58. The maximum Gasteiger partial charge on any atom is 0.410 e. The van der Waals surface area contributed by atoms with Gasteiger partial charge in [-0.15, -0.1) is 11.3 Å². The Morgan fingerprint density at radius 1 is 1.26 bits per heavy atom. The molecular weight excluding hydrogens is 416 g/mol. The number of phenolic OH excluding ortho intramolecular Hbond substituents is 1. The number of rotatable bonds is 2. The van der Waals surface area contributed by atoms with Gasteiger partial charge in [0.05, 0.1) is 12.1 Å². The highest BCUT2D eigenvalue weighted by Gasteiger charge is 2.43. The minimum absolute atomic E-state index is 0.0457. The number of fused-ring (bicyclic) bond motifs is 3. The number of ether oxygens (including phenoxy) is 1. The van der Waals surface area contributed by atoms with Crippen LogP contribution in [0.1, 0.15) is 40.0 Å². The number of thiazole rings is 1. The van der Waals surface area contributed by atoms with Gasteiger partial charge in [-0.1, -0.05) is 0 Å². The fraction of sp³-hybridized carbons (Fsp3) is 0.500. The summed E-state index contributed by atoms with van der Waals surface area (Å²) in [6, 6.07) is 3.99. The first-order valence-corrected chi connectivity index (χ1v) is 11.5. The zero-order valence-electron chi connectivity index (χ0n) is 17.9. The first kappa shape index (κ1) is 20.1. The van der Waals surface area contributed by atoms with Gasteiger partial charge >= 0.3 is 6.09 Å². The molecule has 2 aliphatic heterocycles. The average Bonchev–Trinajstić information content (AvgIpc) is 3.36. The number of hydrogen-bond donors (Lipinski definition) is 1. The molecule has 4 heterocycles. The van der Waals surface area contributed by atoms with E-state index in [-0.39, 0.29) is 23.9 Å². The van der Waals surface area contributed by atoms with Crippen molar-refractivity contribution in [3.8, 4) is 16.3 Å². The third kappa shape index (κ3) is 3.71. The van der Waals surface area contributed by atoms with Gasteiger partial charge in [-0.3, -0.25) is 4.90 Å². The number of piperazine rings is 1. The van der Waals surface area contributed by atoms with Crippen molar-refractivity contribution in [2.45, 2.75) is 57.7 Å². The van der Waals surface area contributed by atoms with Crippen molar-refractivity contribution in [1.29, 1.82) is 0 Å². The van der Waals surface area contributed by atoms with Gasteiger partial charge in [-0.05, 0) is 52.2 Å². The van der Waals surface area contributed by atoms with Crippen molar-refractivity contribution in [2.75, 3.05) is 18.0 Å². The summed E-state index contributed by atoms with van der Waals surface area (Å²) in [5.74, 6) is 0.0571. The summed E-state index contributed by atoms with van der Waals surface area (Å²) in [7, 11) is 0. The van der Waals surface area contributed by atoms with Crippen molar-refractivity contribution >= 4 is 34.5 Å². The Morgan fingerprint density at radius 2 is 2.00 bits per heavy atom. The molecule has 9 heteroatoms. The highest BCUT2D eigenvalue weighted by Crippen LogP contribution is 2.39. The van der Waals surface area contributed by atoms with Gasteiger partial charge < -0.3 is 19.2 Å². The number of phenols is 1. The number of benzene rings is 1. The van der Waals surface area contributed by atoms with Gasteiger partial charge in [-0.2, -0.15) is 4.98 Å². The van der Waals surface area contributed by atoms with Gasteiger partial charge in [0.15, 0.2) is 11.3 Å². The van der Waals surface area contributed by atoms with E-state index in [0.29, 0.717) is 30.2 Å². The molecule has 8 nitrogen and oxygen atoms in total. The lowest BCUT2D eigenvalue weighted by Gasteiger charge is -2.49. The Bertz CT molecular complexity index is 1090. The molecule has 2 saturated heterocycles. The van der Waals surface area contributed by atoms with Crippen LogP contribution in [0.3, 0.4) is 0 Å². The fourth-order valence-corrected chi connectivity index (χ4v) is 5.19. The Kier molecular flexibility index (Phi) is 4.80. The maximum atomic E-state index is 12.8. The number of hydrogen-bond acceptors (Lipinski definition) is 8. The molecular formula is C22H26N4O4S. The Hall–Kier alpha value is -2.81. The van der Waals surface area contributed by atoms with Crippen molar-refractivity contribution < 1.29 is 19.1 Å². The van der Waals surface area contributed by atoms with E-state index >= 15 is 0 Å². The molecule has 0 radical (unpaired) electrons. The van der Waals surface area contributed by atoms with Crippen LogP contribution < -0.4 is 4.90 Å². The monoisotopic (exact) mass is 442 g/mol. The van der Waals surface area contributed by atoms with E-state index in [0.717, 1.165) is 29.8 Å². The van der Waals surface area contributed by atoms with E-state index < -0.39 is 5.60 Å². The molecule has 1 N–H and O–H groups in total. The summed E-state index contributed by atoms with van der Waals surface area (Å²) in [4.78, 5) is 25.9. The highest BCUT2D eigenvalue weighted by atomic mass is 32.1. The van der Waals surface area contributed by atoms with Crippen molar-refractivity contribution in [1.82, 2.24) is 14.9 Å². The first-order valence-electron chi connectivity index (χ1n) is 10.6. The summed E-state index contributed by atoms with van der Waals surface area (Å²) >= 11 is 1.52. The molecule has 1 amide bonds. The number of aromatic nitrogens is 2. The van der Waals surface area contributed by atoms with E-state index in [4.69, 9.17) is 14.1 Å². The fourth-order valence-electron chi connectivity index (χ4n) is 4.52. The van der Waals surface area contributed by atoms with Gasteiger partial charge in [-0.25, -0.2) is 9.78 Å². The van der Waals surface area contributed by atoms with E-state index in [1.165, 1.54) is 11.3 Å². The van der Waals surface area contributed by atoms with E-state index in [1.54, 1.807) is 12.3 Å². The van der Waals surface area contributed by atoms with Crippen LogP contribution >= 0.6 is 11.3 Å². The summed E-state index contributed by atoms with van der Waals surface area (Å²) in [5, 5.41) is 13.1. The zero-order valence-corrected chi connectivity index (χ0v) is 18.7. The van der Waals surface area contributed by atoms with Crippen LogP contribution in [-0.4, -0.2) is 56.8 Å². The van der Waals surface area contributed by atoms with Crippen molar-refractivity contribution in [3.63, 3.8) is 0 Å². The van der Waals surface area contributed by atoms with Crippen molar-refractivity contribution in [3.05, 3.63) is 23.7 Å². The molecule has 2 unspecified atom stereocenters. The molecule has 2 aromatic heterocycles. The van der Waals surface area contributed by atoms with Crippen LogP contribution in [-0.2, 0) is 4.74 Å². The second-order valence-corrected chi connectivity index (χ2v) is 10.1. The van der Waals surface area contributed by atoms with Crippen LogP contribution in [0.25, 0.3) is 21.7 Å². The van der Waals surface area contributed by atoms with E-state index in [9.17, 15) is 9.90 Å². The minimum atomic E-state index is -0.521. The minimum Gasteiger partial charge on any atom is -0.504 e. The number of piperidine rings is 1. The number of nitrogens with zero attached hydrogens (tertiary/aromatic N) is 4. The smallest absolute Gasteiger partial charge is 0.410 e. The standard InChI is InChI=1S/C22H26N4O4S/c1-22(2,3)30-21(28)26-13-5-4-6-14(26)12-25(11-13)20-24-17-15(19-23-9-10-31-19)7-8-16(27)18(17)29-20/h7-10,13-14,27H,4-6,11-12H2,1-3H3. The molecule has 0 spiro atoms. The van der Waals surface area contributed by atoms with Crippen LogP contribution in [0.15, 0.2) is 28.1 Å². The molecule has 2 atom stereocenters. The molecule has 5 rings (SSSR count). The average molecular weight is 443 g/mol. The number of aromatic hydroxyl groups is 1. The second-order valence-electron chi connectivity index (χ2n) is 9.17. The van der Waals surface area contributed by atoms with Gasteiger partial charge in [0.1, 0.15) is 16.1 Å². The largest absolute Gasteiger partial charge is 0.504 e.